The van der Waals surface area contributed by atoms with Crippen molar-refractivity contribution in [1.82, 2.24) is 4.98 Å². The quantitative estimate of drug-likeness (QED) is 0.332. The molecule has 2 heterocycles. The van der Waals surface area contributed by atoms with E-state index < -0.39 is 0 Å². The fraction of sp³-hybridized carbons (Fsp3) is 0.667. The normalized spacial score (nSPS) is 20.5. The fourth-order valence-corrected chi connectivity index (χ4v) is 3.61. The van der Waals surface area contributed by atoms with Crippen LogP contribution in [0.3, 0.4) is 0 Å². The highest BCUT2D eigenvalue weighted by atomic mass is 32.1. The molecule has 0 aromatic carbocycles. The highest BCUT2D eigenvalue weighted by Crippen LogP contribution is 2.31. The first kappa shape index (κ1) is 17.2. The Morgan fingerprint density at radius 2 is 2.05 bits per heavy atom. The van der Waals surface area contributed by atoms with Gasteiger partial charge >= 0.3 is 5.97 Å². The standard InChI is InChI=1S/C18H27NO2S/c1-3-4-5-6-7-8-9-10-16-17(21-18(16)20)12-11-15-13-22-14(2)19-15/h3,13,16-17H,1,4-12H2,2H3/t16-,17-/m0/s1. The molecular weight excluding hydrogens is 294 g/mol. The van der Waals surface area contributed by atoms with E-state index in [4.69, 9.17) is 4.74 Å². The zero-order chi connectivity index (χ0) is 15.8. The van der Waals surface area contributed by atoms with E-state index in [9.17, 15) is 4.79 Å². The number of aromatic nitrogens is 1. The Kier molecular flexibility index (Phi) is 7.10. The SMILES string of the molecule is C=CCCCCCCC[C@@H]1C(=O)O[C@H]1CCc1csc(C)n1. The molecule has 1 saturated heterocycles. The lowest BCUT2D eigenvalue weighted by Crippen LogP contribution is -2.45. The van der Waals surface area contributed by atoms with Crippen LogP contribution in [0.2, 0.25) is 0 Å². The summed E-state index contributed by atoms with van der Waals surface area (Å²) in [5.74, 6) is 0.138. The minimum atomic E-state index is 0.00566. The van der Waals surface area contributed by atoms with Crippen LogP contribution in [-0.4, -0.2) is 17.1 Å². The Balaban J connectivity index is 1.58. The largest absolute Gasteiger partial charge is 0.461 e. The fourth-order valence-electron chi connectivity index (χ4n) is 2.96. The summed E-state index contributed by atoms with van der Waals surface area (Å²) in [7, 11) is 0. The molecule has 0 spiro atoms. The van der Waals surface area contributed by atoms with Crippen LogP contribution in [0.4, 0.5) is 0 Å². The number of thiazole rings is 1. The van der Waals surface area contributed by atoms with Gasteiger partial charge in [-0.2, -0.15) is 0 Å². The number of nitrogens with zero attached hydrogens (tertiary/aromatic N) is 1. The van der Waals surface area contributed by atoms with Gasteiger partial charge < -0.3 is 4.74 Å². The minimum absolute atomic E-state index is 0.00566. The monoisotopic (exact) mass is 321 g/mol. The Morgan fingerprint density at radius 1 is 1.27 bits per heavy atom. The van der Waals surface area contributed by atoms with Crippen molar-refractivity contribution in [3.8, 4) is 0 Å². The molecule has 1 aromatic heterocycles. The maximum Gasteiger partial charge on any atom is 0.313 e. The topological polar surface area (TPSA) is 39.2 Å². The van der Waals surface area contributed by atoms with Crippen molar-refractivity contribution in [3.63, 3.8) is 0 Å². The average molecular weight is 321 g/mol. The Labute approximate surface area is 137 Å². The predicted molar refractivity (Wildman–Crippen MR) is 91.1 cm³/mol. The van der Waals surface area contributed by atoms with E-state index in [0.29, 0.717) is 0 Å². The van der Waals surface area contributed by atoms with Crippen LogP contribution in [0.5, 0.6) is 0 Å². The van der Waals surface area contributed by atoms with Crippen LogP contribution in [0.1, 0.15) is 62.1 Å². The molecule has 22 heavy (non-hydrogen) atoms. The maximum atomic E-state index is 11.6. The lowest BCUT2D eigenvalue weighted by molar-refractivity contribution is -0.185. The van der Waals surface area contributed by atoms with E-state index in [1.54, 1.807) is 11.3 Å². The molecule has 3 nitrogen and oxygen atoms in total. The molecule has 2 rings (SSSR count). The number of hydrogen-bond donors (Lipinski definition) is 0. The van der Waals surface area contributed by atoms with Crippen LogP contribution in [0, 0.1) is 12.8 Å². The average Bonchev–Trinajstić information content (AvgIpc) is 2.91. The van der Waals surface area contributed by atoms with Crippen molar-refractivity contribution < 1.29 is 9.53 Å². The number of esters is 1. The van der Waals surface area contributed by atoms with Crippen LogP contribution in [0.15, 0.2) is 18.0 Å². The first-order valence-corrected chi connectivity index (χ1v) is 9.31. The van der Waals surface area contributed by atoms with Gasteiger partial charge in [0.1, 0.15) is 6.10 Å². The molecule has 0 bridgehead atoms. The number of cyclic esters (lactones) is 1. The number of allylic oxidation sites excluding steroid dienone is 1. The molecule has 0 aliphatic carbocycles. The molecule has 4 heteroatoms. The summed E-state index contributed by atoms with van der Waals surface area (Å²) in [5, 5.41) is 3.21. The van der Waals surface area contributed by atoms with Gasteiger partial charge in [0.2, 0.25) is 0 Å². The minimum Gasteiger partial charge on any atom is -0.461 e. The Hall–Kier alpha value is -1.16. The molecule has 1 aromatic rings. The van der Waals surface area contributed by atoms with E-state index in [1.807, 2.05) is 13.0 Å². The molecule has 0 N–H and O–H groups in total. The number of rotatable bonds is 11. The van der Waals surface area contributed by atoms with Gasteiger partial charge in [-0.1, -0.05) is 31.8 Å². The summed E-state index contributed by atoms with van der Waals surface area (Å²) in [6.45, 7) is 5.76. The van der Waals surface area contributed by atoms with Gasteiger partial charge in [0.25, 0.3) is 0 Å². The molecule has 0 saturated carbocycles. The van der Waals surface area contributed by atoms with Gasteiger partial charge in [0.15, 0.2) is 0 Å². The summed E-state index contributed by atoms with van der Waals surface area (Å²) in [4.78, 5) is 16.1. The van der Waals surface area contributed by atoms with Gasteiger partial charge in [-0.25, -0.2) is 4.98 Å². The summed E-state index contributed by atoms with van der Waals surface area (Å²) in [6.07, 6.45) is 12.2. The second kappa shape index (κ2) is 9.09. The van der Waals surface area contributed by atoms with Crippen molar-refractivity contribution in [2.75, 3.05) is 0 Å². The molecule has 1 fully saturated rings. The van der Waals surface area contributed by atoms with Crippen molar-refractivity contribution in [2.24, 2.45) is 5.92 Å². The summed E-state index contributed by atoms with van der Waals surface area (Å²) < 4.78 is 5.32. The molecule has 122 valence electrons. The predicted octanol–water partition coefficient (Wildman–Crippen LogP) is 4.84. The Morgan fingerprint density at radius 3 is 2.73 bits per heavy atom. The van der Waals surface area contributed by atoms with Crippen LogP contribution in [0.25, 0.3) is 0 Å². The molecule has 0 amide bonds. The maximum absolute atomic E-state index is 11.6. The van der Waals surface area contributed by atoms with Gasteiger partial charge in [-0.05, 0) is 39.0 Å². The summed E-state index contributed by atoms with van der Waals surface area (Å²) >= 11 is 1.68. The third-order valence-electron chi connectivity index (χ3n) is 4.29. The van der Waals surface area contributed by atoms with E-state index in [2.05, 4.69) is 16.9 Å². The summed E-state index contributed by atoms with van der Waals surface area (Å²) in [5.41, 5.74) is 1.13. The number of unbranched alkanes of at least 4 members (excludes halogenated alkanes) is 5. The van der Waals surface area contributed by atoms with E-state index in [1.165, 1.54) is 25.7 Å². The number of aryl methyl sites for hydroxylation is 2. The second-order valence-corrected chi connectivity index (χ2v) is 7.17. The Bertz CT molecular complexity index is 483. The molecule has 1 aliphatic heterocycles. The number of ether oxygens (including phenoxy) is 1. The van der Waals surface area contributed by atoms with Crippen molar-refractivity contribution in [3.05, 3.63) is 28.7 Å². The molecular formula is C18H27NO2S. The van der Waals surface area contributed by atoms with E-state index in [-0.39, 0.29) is 18.0 Å². The third-order valence-corrected chi connectivity index (χ3v) is 5.12. The van der Waals surface area contributed by atoms with Crippen molar-refractivity contribution >= 4 is 17.3 Å². The smallest absolute Gasteiger partial charge is 0.313 e. The number of carbonyl (C=O) groups excluding carboxylic acids is 1. The highest BCUT2D eigenvalue weighted by Gasteiger charge is 2.41. The van der Waals surface area contributed by atoms with E-state index >= 15 is 0 Å². The summed E-state index contributed by atoms with van der Waals surface area (Å²) in [6, 6.07) is 0. The zero-order valence-corrected chi connectivity index (χ0v) is 14.4. The van der Waals surface area contributed by atoms with Gasteiger partial charge in [0, 0.05) is 5.38 Å². The molecule has 2 atom stereocenters. The third kappa shape index (κ3) is 5.24. The van der Waals surface area contributed by atoms with Crippen molar-refractivity contribution in [1.29, 1.82) is 0 Å². The van der Waals surface area contributed by atoms with Gasteiger partial charge in [-0.3, -0.25) is 4.79 Å². The second-order valence-electron chi connectivity index (χ2n) is 6.11. The molecule has 1 aliphatic rings. The first-order valence-electron chi connectivity index (χ1n) is 8.43. The van der Waals surface area contributed by atoms with Gasteiger partial charge in [-0.15, -0.1) is 17.9 Å². The first-order chi connectivity index (χ1) is 10.7. The van der Waals surface area contributed by atoms with E-state index in [0.717, 1.165) is 42.8 Å². The highest BCUT2D eigenvalue weighted by molar-refractivity contribution is 7.09. The molecule has 0 unspecified atom stereocenters. The van der Waals surface area contributed by atoms with Crippen LogP contribution < -0.4 is 0 Å². The van der Waals surface area contributed by atoms with Gasteiger partial charge in [0.05, 0.1) is 16.6 Å². The molecule has 0 radical (unpaired) electrons. The number of hydrogen-bond acceptors (Lipinski definition) is 4. The van der Waals surface area contributed by atoms with Crippen LogP contribution in [-0.2, 0) is 16.0 Å². The lowest BCUT2D eigenvalue weighted by Gasteiger charge is -2.35. The van der Waals surface area contributed by atoms with Crippen LogP contribution >= 0.6 is 11.3 Å². The van der Waals surface area contributed by atoms with Crippen molar-refractivity contribution in [2.45, 2.75) is 70.8 Å². The number of carbonyl (C=O) groups is 1. The zero-order valence-electron chi connectivity index (χ0n) is 13.6. The lowest BCUT2D eigenvalue weighted by atomic mass is 9.87.